The quantitative estimate of drug-likeness (QED) is 0.777. The van der Waals surface area contributed by atoms with Crippen molar-refractivity contribution >= 4 is 0 Å². The minimum atomic E-state index is -0.314. The van der Waals surface area contributed by atoms with Gasteiger partial charge in [0.05, 0.1) is 12.2 Å². The Morgan fingerprint density at radius 2 is 1.96 bits per heavy atom. The summed E-state index contributed by atoms with van der Waals surface area (Å²) in [5.41, 5.74) is 2.25. The Bertz CT molecular complexity index is 841. The third kappa shape index (κ3) is 3.35. The van der Waals surface area contributed by atoms with Gasteiger partial charge in [0, 0.05) is 19.2 Å². The summed E-state index contributed by atoms with van der Waals surface area (Å²) in [6.07, 6.45) is 3.49. The van der Waals surface area contributed by atoms with Crippen LogP contribution in [0.1, 0.15) is 48.8 Å². The summed E-state index contributed by atoms with van der Waals surface area (Å²) >= 11 is 0. The third-order valence-corrected chi connectivity index (χ3v) is 3.84. The van der Waals surface area contributed by atoms with E-state index < -0.39 is 0 Å². The van der Waals surface area contributed by atoms with Crippen molar-refractivity contribution < 1.29 is 8.81 Å². The number of benzene rings is 1. The SMILES string of the molecule is Cc1cnn(-c2ccc([C@H](C)N[C@@H](C)c3nnc(C)o3)cc2F)c1. The molecule has 24 heavy (non-hydrogen) atoms. The summed E-state index contributed by atoms with van der Waals surface area (Å²) in [4.78, 5) is 0. The zero-order chi connectivity index (χ0) is 17.3. The first kappa shape index (κ1) is 16.3. The van der Waals surface area contributed by atoms with Gasteiger partial charge in [0.2, 0.25) is 11.8 Å². The van der Waals surface area contributed by atoms with Gasteiger partial charge in [0.15, 0.2) is 0 Å². The Hall–Kier alpha value is -2.54. The summed E-state index contributed by atoms with van der Waals surface area (Å²) in [5.74, 6) is 0.727. The molecule has 0 unspecified atom stereocenters. The monoisotopic (exact) mass is 329 g/mol. The second kappa shape index (κ2) is 6.52. The van der Waals surface area contributed by atoms with Crippen LogP contribution in [0.5, 0.6) is 0 Å². The zero-order valence-electron chi connectivity index (χ0n) is 14.1. The fourth-order valence-corrected chi connectivity index (χ4v) is 2.55. The van der Waals surface area contributed by atoms with Crippen LogP contribution in [0.2, 0.25) is 0 Å². The molecule has 0 spiro atoms. The lowest BCUT2D eigenvalue weighted by Gasteiger charge is -2.18. The maximum absolute atomic E-state index is 14.4. The molecule has 1 aromatic carbocycles. The van der Waals surface area contributed by atoms with Gasteiger partial charge in [-0.15, -0.1) is 10.2 Å². The fourth-order valence-electron chi connectivity index (χ4n) is 2.55. The summed E-state index contributed by atoms with van der Waals surface area (Å²) in [6.45, 7) is 7.56. The number of halogens is 1. The van der Waals surface area contributed by atoms with Crippen LogP contribution in [-0.2, 0) is 0 Å². The Morgan fingerprint density at radius 3 is 2.54 bits per heavy atom. The molecule has 7 heteroatoms. The van der Waals surface area contributed by atoms with Crippen LogP contribution in [0.25, 0.3) is 5.69 Å². The molecule has 1 N–H and O–H groups in total. The first-order valence-corrected chi connectivity index (χ1v) is 7.81. The highest BCUT2D eigenvalue weighted by atomic mass is 19.1. The number of rotatable bonds is 5. The van der Waals surface area contributed by atoms with Crippen molar-refractivity contribution in [3.63, 3.8) is 0 Å². The molecule has 0 fully saturated rings. The maximum atomic E-state index is 14.4. The Labute approximate surface area is 139 Å². The van der Waals surface area contributed by atoms with Crippen molar-refractivity contribution in [2.24, 2.45) is 0 Å². The molecule has 6 nitrogen and oxygen atoms in total. The van der Waals surface area contributed by atoms with Gasteiger partial charge in [0.25, 0.3) is 0 Å². The predicted molar refractivity (Wildman–Crippen MR) is 87.3 cm³/mol. The summed E-state index contributed by atoms with van der Waals surface area (Å²) in [5, 5.41) is 15.3. The number of hydrogen-bond acceptors (Lipinski definition) is 5. The van der Waals surface area contributed by atoms with Crippen LogP contribution in [-0.4, -0.2) is 20.0 Å². The number of aryl methyl sites for hydroxylation is 2. The Kier molecular flexibility index (Phi) is 4.44. The molecule has 2 aromatic heterocycles. The minimum Gasteiger partial charge on any atom is -0.424 e. The van der Waals surface area contributed by atoms with Crippen molar-refractivity contribution in [1.82, 2.24) is 25.3 Å². The highest BCUT2D eigenvalue weighted by molar-refractivity contribution is 5.37. The number of aromatic nitrogens is 4. The Balaban J connectivity index is 1.75. The van der Waals surface area contributed by atoms with Crippen LogP contribution >= 0.6 is 0 Å². The summed E-state index contributed by atoms with van der Waals surface area (Å²) in [6, 6.07) is 4.94. The first-order valence-electron chi connectivity index (χ1n) is 7.81. The average molecular weight is 329 g/mol. The predicted octanol–water partition coefficient (Wildman–Crippen LogP) is 3.42. The van der Waals surface area contributed by atoms with Crippen molar-refractivity contribution in [3.8, 4) is 5.69 Å². The number of nitrogens with zero attached hydrogens (tertiary/aromatic N) is 4. The van der Waals surface area contributed by atoms with Crippen LogP contribution < -0.4 is 5.32 Å². The van der Waals surface area contributed by atoms with E-state index in [9.17, 15) is 4.39 Å². The molecular weight excluding hydrogens is 309 g/mol. The minimum absolute atomic E-state index is 0.0740. The molecule has 0 amide bonds. The van der Waals surface area contributed by atoms with Gasteiger partial charge < -0.3 is 4.42 Å². The maximum Gasteiger partial charge on any atom is 0.233 e. The normalized spacial score (nSPS) is 13.9. The summed E-state index contributed by atoms with van der Waals surface area (Å²) < 4.78 is 21.4. The molecule has 2 atom stereocenters. The second-order valence-corrected chi connectivity index (χ2v) is 5.94. The molecule has 3 rings (SSSR count). The summed E-state index contributed by atoms with van der Waals surface area (Å²) in [7, 11) is 0. The molecule has 0 aliphatic heterocycles. The van der Waals surface area contributed by atoms with Crippen molar-refractivity contribution in [3.05, 3.63) is 59.3 Å². The van der Waals surface area contributed by atoms with E-state index in [1.165, 1.54) is 10.7 Å². The topological polar surface area (TPSA) is 68.8 Å². The van der Waals surface area contributed by atoms with Gasteiger partial charge in [-0.05, 0) is 44.0 Å². The van der Waals surface area contributed by atoms with E-state index >= 15 is 0 Å². The third-order valence-electron chi connectivity index (χ3n) is 3.84. The zero-order valence-corrected chi connectivity index (χ0v) is 14.1. The molecule has 0 aliphatic carbocycles. The van der Waals surface area contributed by atoms with E-state index in [0.717, 1.165) is 11.1 Å². The van der Waals surface area contributed by atoms with Gasteiger partial charge in [-0.2, -0.15) is 5.10 Å². The molecule has 0 saturated carbocycles. The van der Waals surface area contributed by atoms with Gasteiger partial charge in [0.1, 0.15) is 11.5 Å². The van der Waals surface area contributed by atoms with Crippen molar-refractivity contribution in [1.29, 1.82) is 0 Å². The van der Waals surface area contributed by atoms with E-state index in [1.807, 2.05) is 26.8 Å². The molecule has 3 aromatic rings. The average Bonchev–Trinajstić information content (AvgIpc) is 3.15. The first-order chi connectivity index (χ1) is 11.4. The van der Waals surface area contributed by atoms with Crippen LogP contribution in [0.4, 0.5) is 4.39 Å². The highest BCUT2D eigenvalue weighted by Gasteiger charge is 2.17. The lowest BCUT2D eigenvalue weighted by molar-refractivity contribution is 0.379. The van der Waals surface area contributed by atoms with E-state index in [1.54, 1.807) is 25.4 Å². The van der Waals surface area contributed by atoms with E-state index in [-0.39, 0.29) is 17.9 Å². The standard InChI is InChI=1S/C17H20FN5O/c1-10-8-19-23(9-10)16-6-5-14(7-15(16)18)11(2)20-12(3)17-22-21-13(4)24-17/h5-9,11-12,20H,1-4H3/t11-,12-/m0/s1. The van der Waals surface area contributed by atoms with Gasteiger partial charge in [-0.1, -0.05) is 6.07 Å². The highest BCUT2D eigenvalue weighted by Crippen LogP contribution is 2.22. The lowest BCUT2D eigenvalue weighted by atomic mass is 10.1. The molecular formula is C17H20FN5O. The van der Waals surface area contributed by atoms with Crippen molar-refractivity contribution in [2.75, 3.05) is 0 Å². The van der Waals surface area contributed by atoms with E-state index in [0.29, 0.717) is 17.5 Å². The number of nitrogens with one attached hydrogen (secondary N) is 1. The second-order valence-electron chi connectivity index (χ2n) is 5.94. The van der Waals surface area contributed by atoms with Gasteiger partial charge >= 0.3 is 0 Å². The molecule has 0 aliphatic rings. The van der Waals surface area contributed by atoms with Gasteiger partial charge in [-0.25, -0.2) is 9.07 Å². The van der Waals surface area contributed by atoms with Crippen LogP contribution in [0.3, 0.4) is 0 Å². The smallest absolute Gasteiger partial charge is 0.233 e. The lowest BCUT2D eigenvalue weighted by Crippen LogP contribution is -2.23. The number of hydrogen-bond donors (Lipinski definition) is 1. The van der Waals surface area contributed by atoms with E-state index in [2.05, 4.69) is 20.6 Å². The van der Waals surface area contributed by atoms with Gasteiger partial charge in [-0.3, -0.25) is 5.32 Å². The van der Waals surface area contributed by atoms with E-state index in [4.69, 9.17) is 4.42 Å². The molecule has 0 saturated heterocycles. The molecule has 0 bridgehead atoms. The van der Waals surface area contributed by atoms with Crippen LogP contribution in [0, 0.1) is 19.7 Å². The largest absolute Gasteiger partial charge is 0.424 e. The molecule has 2 heterocycles. The fraction of sp³-hybridized carbons (Fsp3) is 0.353. The van der Waals surface area contributed by atoms with Crippen molar-refractivity contribution in [2.45, 2.75) is 39.8 Å². The molecule has 0 radical (unpaired) electrons. The Morgan fingerprint density at radius 1 is 1.17 bits per heavy atom. The molecule has 126 valence electrons. The van der Waals surface area contributed by atoms with Crippen LogP contribution in [0.15, 0.2) is 35.0 Å².